The Morgan fingerprint density at radius 3 is 2.67 bits per heavy atom. The summed E-state index contributed by atoms with van der Waals surface area (Å²) in [6.07, 6.45) is 1.92. The molecule has 104 valence electrons. The topological polar surface area (TPSA) is 58.2 Å². The van der Waals surface area contributed by atoms with Gasteiger partial charge < -0.3 is 5.32 Å². The van der Waals surface area contributed by atoms with Gasteiger partial charge in [-0.1, -0.05) is 13.8 Å². The summed E-state index contributed by atoms with van der Waals surface area (Å²) >= 11 is 1.32. The lowest BCUT2D eigenvalue weighted by Gasteiger charge is -2.06. The summed E-state index contributed by atoms with van der Waals surface area (Å²) in [5.41, 5.74) is 0. The fourth-order valence-corrected chi connectivity index (χ4v) is 4.05. The monoisotopic (exact) mass is 290 g/mol. The first-order valence-corrected chi connectivity index (χ1v) is 8.48. The van der Waals surface area contributed by atoms with Crippen molar-refractivity contribution in [2.24, 2.45) is 5.92 Å². The van der Waals surface area contributed by atoms with Crippen LogP contribution < -0.4 is 10.0 Å². The van der Waals surface area contributed by atoms with Crippen molar-refractivity contribution < 1.29 is 8.42 Å². The van der Waals surface area contributed by atoms with Crippen molar-refractivity contribution in [2.45, 2.75) is 37.4 Å². The number of thiophene rings is 1. The molecule has 0 spiro atoms. The molecule has 0 saturated heterocycles. The average molecular weight is 290 g/mol. The van der Waals surface area contributed by atoms with Crippen molar-refractivity contribution >= 4 is 21.4 Å². The third-order valence-corrected chi connectivity index (χ3v) is 5.54. The lowest BCUT2D eigenvalue weighted by Crippen LogP contribution is -2.24. The third kappa shape index (κ3) is 5.06. The molecule has 1 aromatic heterocycles. The van der Waals surface area contributed by atoms with Crippen molar-refractivity contribution in [3.63, 3.8) is 0 Å². The molecule has 18 heavy (non-hydrogen) atoms. The Labute approximate surface area is 114 Å². The molecule has 0 fully saturated rings. The molecule has 0 aliphatic rings. The average Bonchev–Trinajstić information content (AvgIpc) is 2.74. The van der Waals surface area contributed by atoms with Crippen LogP contribution in [0.5, 0.6) is 0 Å². The fourth-order valence-electron chi connectivity index (χ4n) is 1.56. The zero-order valence-corrected chi connectivity index (χ0v) is 12.8. The minimum Gasteiger partial charge on any atom is -0.315 e. The Morgan fingerprint density at radius 2 is 2.06 bits per heavy atom. The van der Waals surface area contributed by atoms with Crippen LogP contribution in [0, 0.1) is 5.92 Å². The van der Waals surface area contributed by atoms with Crippen molar-refractivity contribution in [1.82, 2.24) is 10.0 Å². The molecule has 0 amide bonds. The summed E-state index contributed by atoms with van der Waals surface area (Å²) in [5.74, 6) is 0.610. The first-order chi connectivity index (χ1) is 8.45. The van der Waals surface area contributed by atoms with E-state index in [2.05, 4.69) is 23.9 Å². The van der Waals surface area contributed by atoms with Crippen molar-refractivity contribution in [2.75, 3.05) is 13.6 Å². The summed E-state index contributed by atoms with van der Waals surface area (Å²) in [6.45, 7) is 5.49. The first-order valence-electron chi connectivity index (χ1n) is 6.18. The molecule has 4 nitrogen and oxygen atoms in total. The maximum absolute atomic E-state index is 12.0. The van der Waals surface area contributed by atoms with Crippen LogP contribution in [0.25, 0.3) is 0 Å². The molecule has 1 aromatic rings. The van der Waals surface area contributed by atoms with Gasteiger partial charge in [0.05, 0.1) is 0 Å². The summed E-state index contributed by atoms with van der Waals surface area (Å²) in [6, 6.07) is 3.52. The number of hydrogen-bond acceptors (Lipinski definition) is 4. The molecule has 0 saturated carbocycles. The Kier molecular flexibility index (Phi) is 6.28. The molecule has 6 heteroatoms. The van der Waals surface area contributed by atoms with Crippen LogP contribution in [0.2, 0.25) is 0 Å². The molecular formula is C12H22N2O2S2. The minimum absolute atomic E-state index is 0.400. The van der Waals surface area contributed by atoms with Crippen molar-refractivity contribution in [3.8, 4) is 0 Å². The summed E-state index contributed by atoms with van der Waals surface area (Å²) < 4.78 is 27.0. The van der Waals surface area contributed by atoms with E-state index in [9.17, 15) is 8.42 Å². The summed E-state index contributed by atoms with van der Waals surface area (Å²) in [7, 11) is -1.47. The second-order valence-corrected chi connectivity index (χ2v) is 7.85. The van der Waals surface area contributed by atoms with Gasteiger partial charge in [-0.05, 0) is 37.9 Å². The van der Waals surface area contributed by atoms with Crippen molar-refractivity contribution in [1.29, 1.82) is 0 Å². The van der Waals surface area contributed by atoms with Gasteiger partial charge in [-0.2, -0.15) is 0 Å². The summed E-state index contributed by atoms with van der Waals surface area (Å²) in [4.78, 5) is 1.03. The van der Waals surface area contributed by atoms with Gasteiger partial charge in [0, 0.05) is 18.0 Å². The maximum Gasteiger partial charge on any atom is 0.250 e. The smallest absolute Gasteiger partial charge is 0.250 e. The van der Waals surface area contributed by atoms with Gasteiger partial charge in [-0.3, -0.25) is 0 Å². The van der Waals surface area contributed by atoms with E-state index in [0.717, 1.165) is 17.7 Å². The second kappa shape index (κ2) is 7.23. The van der Waals surface area contributed by atoms with Gasteiger partial charge in [-0.25, -0.2) is 13.1 Å². The van der Waals surface area contributed by atoms with Gasteiger partial charge in [0.15, 0.2) is 0 Å². The third-order valence-electron chi connectivity index (χ3n) is 2.50. The van der Waals surface area contributed by atoms with E-state index in [4.69, 9.17) is 0 Å². The van der Waals surface area contributed by atoms with E-state index in [1.165, 1.54) is 11.3 Å². The van der Waals surface area contributed by atoms with Crippen LogP contribution in [0.15, 0.2) is 16.3 Å². The van der Waals surface area contributed by atoms with E-state index in [1.807, 2.05) is 13.1 Å². The lowest BCUT2D eigenvalue weighted by atomic mass is 10.1. The highest BCUT2D eigenvalue weighted by molar-refractivity contribution is 7.91. The van der Waals surface area contributed by atoms with Crippen molar-refractivity contribution in [3.05, 3.63) is 17.0 Å². The van der Waals surface area contributed by atoms with E-state index in [-0.39, 0.29) is 0 Å². The van der Waals surface area contributed by atoms with Crippen LogP contribution >= 0.6 is 11.3 Å². The zero-order valence-electron chi connectivity index (χ0n) is 11.2. The molecule has 1 rings (SSSR count). The predicted octanol–water partition coefficient (Wildman–Crippen LogP) is 2.18. The van der Waals surface area contributed by atoms with Gasteiger partial charge in [0.1, 0.15) is 4.21 Å². The van der Waals surface area contributed by atoms with Crippen LogP contribution in [0.4, 0.5) is 0 Å². The number of sulfonamides is 1. The Hall–Kier alpha value is -0.430. The summed E-state index contributed by atoms with van der Waals surface area (Å²) in [5, 5.41) is 3.01. The van der Waals surface area contributed by atoms with E-state index >= 15 is 0 Å². The quantitative estimate of drug-likeness (QED) is 0.722. The highest BCUT2D eigenvalue weighted by atomic mass is 32.2. The van der Waals surface area contributed by atoms with E-state index in [0.29, 0.717) is 23.2 Å². The molecular weight excluding hydrogens is 268 g/mol. The lowest BCUT2D eigenvalue weighted by molar-refractivity contribution is 0.540. The van der Waals surface area contributed by atoms with E-state index < -0.39 is 10.0 Å². The molecule has 0 aliphatic carbocycles. The molecule has 1 heterocycles. The second-order valence-electron chi connectivity index (χ2n) is 4.68. The van der Waals surface area contributed by atoms with Crippen LogP contribution in [0.1, 0.15) is 31.6 Å². The Bertz CT molecular complexity index is 452. The number of rotatable bonds is 8. The standard InChI is InChI=1S/C12H22N2O2S2/c1-10(2)5-4-8-14-18(15,16)12-7-6-11(17-12)9-13-3/h6-7,10,13-14H,4-5,8-9H2,1-3H3. The molecule has 0 unspecified atom stereocenters. The predicted molar refractivity (Wildman–Crippen MR) is 76.3 cm³/mol. The zero-order chi connectivity index (χ0) is 13.6. The number of hydrogen-bond donors (Lipinski definition) is 2. The molecule has 0 radical (unpaired) electrons. The molecule has 0 aliphatic heterocycles. The Morgan fingerprint density at radius 1 is 1.33 bits per heavy atom. The maximum atomic E-state index is 12.0. The van der Waals surface area contributed by atoms with Crippen LogP contribution in [-0.4, -0.2) is 22.0 Å². The molecule has 0 aromatic carbocycles. The fraction of sp³-hybridized carbons (Fsp3) is 0.667. The van der Waals surface area contributed by atoms with E-state index in [1.54, 1.807) is 6.07 Å². The minimum atomic E-state index is -3.31. The highest BCUT2D eigenvalue weighted by Gasteiger charge is 2.15. The van der Waals surface area contributed by atoms with Gasteiger partial charge >= 0.3 is 0 Å². The molecule has 2 N–H and O–H groups in total. The highest BCUT2D eigenvalue weighted by Crippen LogP contribution is 2.21. The van der Waals surface area contributed by atoms with Crippen LogP contribution in [0.3, 0.4) is 0 Å². The van der Waals surface area contributed by atoms with Gasteiger partial charge in [0.25, 0.3) is 0 Å². The normalized spacial score (nSPS) is 12.2. The number of nitrogens with one attached hydrogen (secondary N) is 2. The molecule has 0 bridgehead atoms. The largest absolute Gasteiger partial charge is 0.315 e. The Balaban J connectivity index is 2.51. The van der Waals surface area contributed by atoms with Gasteiger partial charge in [-0.15, -0.1) is 11.3 Å². The van der Waals surface area contributed by atoms with Crippen LogP contribution in [-0.2, 0) is 16.6 Å². The SMILES string of the molecule is CNCc1ccc(S(=O)(=O)NCCCC(C)C)s1. The van der Waals surface area contributed by atoms with Gasteiger partial charge in [0.2, 0.25) is 10.0 Å². The first kappa shape index (κ1) is 15.6. The molecule has 0 atom stereocenters.